The molecule has 0 aliphatic heterocycles. The molecular weight excluding hydrogens is 272 g/mol. The van der Waals surface area contributed by atoms with E-state index in [1.54, 1.807) is 18.2 Å². The molecule has 0 aliphatic rings. The maximum absolute atomic E-state index is 11.8. The zero-order valence-corrected chi connectivity index (χ0v) is 12.1. The number of aromatic nitrogens is 1. The number of esters is 1. The summed E-state index contributed by atoms with van der Waals surface area (Å²) < 4.78 is 6.60. The van der Waals surface area contributed by atoms with Crippen molar-refractivity contribution in [3.63, 3.8) is 0 Å². The molecule has 21 heavy (non-hydrogen) atoms. The lowest BCUT2D eigenvalue weighted by molar-refractivity contribution is -0.384. The van der Waals surface area contributed by atoms with Gasteiger partial charge in [-0.1, -0.05) is 0 Å². The van der Waals surface area contributed by atoms with Crippen molar-refractivity contribution in [2.45, 2.75) is 19.9 Å². The monoisotopic (exact) mass is 288 g/mol. The molecule has 1 heterocycles. The van der Waals surface area contributed by atoms with Gasteiger partial charge in [0, 0.05) is 29.9 Å². The van der Waals surface area contributed by atoms with Gasteiger partial charge in [-0.15, -0.1) is 0 Å². The van der Waals surface area contributed by atoms with Crippen LogP contribution in [-0.2, 0) is 4.74 Å². The summed E-state index contributed by atoms with van der Waals surface area (Å²) in [4.78, 5) is 22.0. The van der Waals surface area contributed by atoms with E-state index in [0.29, 0.717) is 5.69 Å². The topological polar surface area (TPSA) is 74.4 Å². The number of carbonyl (C=O) groups is 1. The number of nitro benzene ring substituents is 1. The number of rotatable bonds is 4. The van der Waals surface area contributed by atoms with Gasteiger partial charge in [0.15, 0.2) is 0 Å². The van der Waals surface area contributed by atoms with Gasteiger partial charge in [0.1, 0.15) is 5.69 Å². The van der Waals surface area contributed by atoms with Gasteiger partial charge in [-0.2, -0.15) is 0 Å². The highest BCUT2D eigenvalue weighted by Gasteiger charge is 2.17. The third kappa shape index (κ3) is 2.94. The van der Waals surface area contributed by atoms with Crippen LogP contribution in [0.25, 0.3) is 11.1 Å². The minimum Gasteiger partial charge on any atom is -0.464 e. The maximum Gasteiger partial charge on any atom is 0.354 e. The predicted molar refractivity (Wildman–Crippen MR) is 78.2 cm³/mol. The minimum atomic E-state index is -0.442. The molecule has 0 saturated heterocycles. The van der Waals surface area contributed by atoms with Crippen molar-refractivity contribution in [1.29, 1.82) is 0 Å². The molecule has 0 radical (unpaired) electrons. The molecule has 0 saturated carbocycles. The van der Waals surface area contributed by atoms with Crippen LogP contribution in [0.1, 0.15) is 30.4 Å². The molecule has 1 aromatic heterocycles. The Kier molecular flexibility index (Phi) is 4.07. The van der Waals surface area contributed by atoms with Crippen molar-refractivity contribution in [3.8, 4) is 11.1 Å². The highest BCUT2D eigenvalue weighted by atomic mass is 16.6. The molecule has 6 nitrogen and oxygen atoms in total. The number of benzene rings is 1. The molecule has 0 unspecified atom stereocenters. The summed E-state index contributed by atoms with van der Waals surface area (Å²) in [6.45, 7) is 3.93. The van der Waals surface area contributed by atoms with E-state index in [9.17, 15) is 14.9 Å². The zero-order valence-electron chi connectivity index (χ0n) is 12.1. The Balaban J connectivity index is 2.44. The van der Waals surface area contributed by atoms with Crippen molar-refractivity contribution in [3.05, 3.63) is 52.3 Å². The second-order valence-corrected chi connectivity index (χ2v) is 4.91. The molecule has 0 N–H and O–H groups in total. The first-order chi connectivity index (χ1) is 9.93. The summed E-state index contributed by atoms with van der Waals surface area (Å²) in [5.41, 5.74) is 2.13. The SMILES string of the molecule is COC(=O)c1cc(-c2ccc([N+](=O)[O-])cc2)cn1C(C)C. The molecule has 2 rings (SSSR count). The first-order valence-corrected chi connectivity index (χ1v) is 6.49. The smallest absolute Gasteiger partial charge is 0.354 e. The molecule has 0 bridgehead atoms. The van der Waals surface area contributed by atoms with E-state index >= 15 is 0 Å². The number of carbonyl (C=O) groups excluding carboxylic acids is 1. The standard InChI is InChI=1S/C15H16N2O4/c1-10(2)16-9-12(8-14(16)15(18)21-3)11-4-6-13(7-5-11)17(19)20/h4-10H,1-3H3. The van der Waals surface area contributed by atoms with Gasteiger partial charge in [-0.05, 0) is 37.6 Å². The molecule has 0 aliphatic carbocycles. The molecule has 2 aromatic rings. The van der Waals surface area contributed by atoms with Gasteiger partial charge < -0.3 is 9.30 Å². The van der Waals surface area contributed by atoms with Gasteiger partial charge in [0.2, 0.25) is 0 Å². The Labute approximate surface area is 122 Å². The first kappa shape index (κ1) is 14.8. The lowest BCUT2D eigenvalue weighted by Gasteiger charge is -2.10. The number of non-ortho nitro benzene ring substituents is 1. The Morgan fingerprint density at radius 3 is 2.33 bits per heavy atom. The summed E-state index contributed by atoms with van der Waals surface area (Å²) >= 11 is 0. The van der Waals surface area contributed by atoms with E-state index < -0.39 is 10.9 Å². The van der Waals surface area contributed by atoms with E-state index in [-0.39, 0.29) is 11.7 Å². The fourth-order valence-electron chi connectivity index (χ4n) is 2.11. The molecule has 0 fully saturated rings. The third-order valence-electron chi connectivity index (χ3n) is 3.21. The largest absolute Gasteiger partial charge is 0.464 e. The molecule has 1 aromatic carbocycles. The Hall–Kier alpha value is -2.63. The summed E-state index contributed by atoms with van der Waals surface area (Å²) in [5, 5.41) is 10.7. The maximum atomic E-state index is 11.8. The third-order valence-corrected chi connectivity index (χ3v) is 3.21. The van der Waals surface area contributed by atoms with Crippen LogP contribution < -0.4 is 0 Å². The number of nitro groups is 1. The summed E-state index contributed by atoms with van der Waals surface area (Å²) in [6.07, 6.45) is 1.85. The van der Waals surface area contributed by atoms with Crippen molar-refractivity contribution < 1.29 is 14.5 Å². The fraction of sp³-hybridized carbons (Fsp3) is 0.267. The number of hydrogen-bond acceptors (Lipinski definition) is 4. The van der Waals surface area contributed by atoms with Gasteiger partial charge >= 0.3 is 5.97 Å². The molecule has 110 valence electrons. The van der Waals surface area contributed by atoms with E-state index in [1.807, 2.05) is 24.6 Å². The number of methoxy groups -OCH3 is 1. The minimum absolute atomic E-state index is 0.0373. The lowest BCUT2D eigenvalue weighted by atomic mass is 10.1. The zero-order chi connectivity index (χ0) is 15.6. The Morgan fingerprint density at radius 1 is 1.24 bits per heavy atom. The number of ether oxygens (including phenoxy) is 1. The van der Waals surface area contributed by atoms with Gasteiger partial charge in [-0.25, -0.2) is 4.79 Å². The van der Waals surface area contributed by atoms with Crippen molar-refractivity contribution >= 4 is 11.7 Å². The van der Waals surface area contributed by atoms with Crippen LogP contribution in [0.3, 0.4) is 0 Å². The number of hydrogen-bond donors (Lipinski definition) is 0. The highest BCUT2D eigenvalue weighted by molar-refractivity contribution is 5.90. The highest BCUT2D eigenvalue weighted by Crippen LogP contribution is 2.26. The van der Waals surface area contributed by atoms with Gasteiger partial charge in [0.25, 0.3) is 5.69 Å². The normalized spacial score (nSPS) is 10.7. The molecule has 0 atom stereocenters. The summed E-state index contributed by atoms with van der Waals surface area (Å²) in [5.74, 6) is -0.406. The van der Waals surface area contributed by atoms with E-state index in [1.165, 1.54) is 19.2 Å². The Morgan fingerprint density at radius 2 is 1.86 bits per heavy atom. The van der Waals surface area contributed by atoms with Gasteiger partial charge in [-0.3, -0.25) is 10.1 Å². The quantitative estimate of drug-likeness (QED) is 0.490. The van der Waals surface area contributed by atoms with Crippen molar-refractivity contribution in [1.82, 2.24) is 4.57 Å². The van der Waals surface area contributed by atoms with Crippen molar-refractivity contribution in [2.24, 2.45) is 0 Å². The number of nitrogens with zero attached hydrogens (tertiary/aromatic N) is 2. The first-order valence-electron chi connectivity index (χ1n) is 6.49. The van der Waals surface area contributed by atoms with Gasteiger partial charge in [0.05, 0.1) is 12.0 Å². The average molecular weight is 288 g/mol. The second-order valence-electron chi connectivity index (χ2n) is 4.91. The Bertz CT molecular complexity index is 671. The molecule has 0 spiro atoms. The van der Waals surface area contributed by atoms with Crippen LogP contribution in [-0.4, -0.2) is 22.6 Å². The van der Waals surface area contributed by atoms with Crippen LogP contribution in [0.15, 0.2) is 36.5 Å². The van der Waals surface area contributed by atoms with Crippen LogP contribution in [0, 0.1) is 10.1 Å². The van der Waals surface area contributed by atoms with Crippen molar-refractivity contribution in [2.75, 3.05) is 7.11 Å². The predicted octanol–water partition coefficient (Wildman–Crippen LogP) is 3.43. The molecule has 6 heteroatoms. The van der Waals surface area contributed by atoms with E-state index in [4.69, 9.17) is 4.74 Å². The fourth-order valence-corrected chi connectivity index (χ4v) is 2.11. The van der Waals surface area contributed by atoms with Crippen LogP contribution in [0.4, 0.5) is 5.69 Å². The van der Waals surface area contributed by atoms with Crippen LogP contribution in [0.5, 0.6) is 0 Å². The molecule has 0 amide bonds. The van der Waals surface area contributed by atoms with E-state index in [2.05, 4.69) is 0 Å². The lowest BCUT2D eigenvalue weighted by Crippen LogP contribution is -2.11. The summed E-state index contributed by atoms with van der Waals surface area (Å²) in [6, 6.07) is 8.05. The molecular formula is C15H16N2O4. The second kappa shape index (κ2) is 5.78. The van der Waals surface area contributed by atoms with Crippen LogP contribution in [0.2, 0.25) is 0 Å². The van der Waals surface area contributed by atoms with Crippen LogP contribution >= 0.6 is 0 Å². The van der Waals surface area contributed by atoms with E-state index in [0.717, 1.165) is 11.1 Å². The average Bonchev–Trinajstić information content (AvgIpc) is 2.92. The summed E-state index contributed by atoms with van der Waals surface area (Å²) in [7, 11) is 1.34.